The van der Waals surface area contributed by atoms with Gasteiger partial charge in [0.05, 0.1) is 6.42 Å². The molecule has 1 saturated heterocycles. The summed E-state index contributed by atoms with van der Waals surface area (Å²) in [7, 11) is 0. The minimum absolute atomic E-state index is 0.00286. The Labute approximate surface area is 113 Å². The number of carbonyl (C=O) groups is 1. The summed E-state index contributed by atoms with van der Waals surface area (Å²) >= 11 is 0. The second kappa shape index (κ2) is 5.67. The Bertz CT molecular complexity index is 434. The van der Waals surface area contributed by atoms with Gasteiger partial charge in [-0.2, -0.15) is 0 Å². The monoisotopic (exact) mass is 263 g/mol. The van der Waals surface area contributed by atoms with Crippen LogP contribution in [0.15, 0.2) is 24.5 Å². The van der Waals surface area contributed by atoms with Crippen molar-refractivity contribution in [2.75, 3.05) is 13.1 Å². The van der Waals surface area contributed by atoms with E-state index in [1.807, 2.05) is 12.1 Å². The fourth-order valence-electron chi connectivity index (χ4n) is 2.77. The Morgan fingerprint density at radius 3 is 2.84 bits per heavy atom. The molecule has 2 heterocycles. The van der Waals surface area contributed by atoms with Crippen LogP contribution in [0.2, 0.25) is 0 Å². The van der Waals surface area contributed by atoms with Crippen molar-refractivity contribution in [2.24, 2.45) is 0 Å². The molecule has 1 unspecified atom stereocenters. The molecule has 1 aliphatic rings. The van der Waals surface area contributed by atoms with Crippen molar-refractivity contribution in [1.82, 2.24) is 15.2 Å². The second-order valence-corrected chi connectivity index (χ2v) is 5.85. The Hall–Kier alpha value is -1.46. The minimum atomic E-state index is -0.751. The van der Waals surface area contributed by atoms with Gasteiger partial charge in [-0.1, -0.05) is 0 Å². The first-order valence-corrected chi connectivity index (χ1v) is 6.55. The van der Waals surface area contributed by atoms with Gasteiger partial charge in [-0.15, -0.1) is 0 Å². The first kappa shape index (κ1) is 14.0. The summed E-state index contributed by atoms with van der Waals surface area (Å²) in [6.45, 7) is 6.73. The molecule has 2 N–H and O–H groups in total. The molecule has 0 aromatic carbocycles. The number of nitrogens with zero attached hydrogens (tertiary/aromatic N) is 2. The maximum absolute atomic E-state index is 10.9. The molecule has 104 valence electrons. The molecule has 0 saturated carbocycles. The second-order valence-electron chi connectivity index (χ2n) is 5.85. The number of nitrogens with one attached hydrogen (secondary N) is 1. The van der Waals surface area contributed by atoms with Crippen molar-refractivity contribution in [1.29, 1.82) is 0 Å². The lowest BCUT2D eigenvalue weighted by molar-refractivity contribution is -0.138. The third-order valence-corrected chi connectivity index (χ3v) is 3.27. The van der Waals surface area contributed by atoms with Crippen LogP contribution in [-0.4, -0.2) is 45.6 Å². The third kappa shape index (κ3) is 4.29. The Balaban J connectivity index is 2.01. The quantitative estimate of drug-likeness (QED) is 0.852. The zero-order valence-corrected chi connectivity index (χ0v) is 11.5. The van der Waals surface area contributed by atoms with Crippen LogP contribution in [0.5, 0.6) is 0 Å². The molecule has 1 aromatic heterocycles. The smallest absolute Gasteiger partial charge is 0.304 e. The van der Waals surface area contributed by atoms with E-state index >= 15 is 0 Å². The fraction of sp³-hybridized carbons (Fsp3) is 0.571. The molecule has 1 aromatic rings. The van der Waals surface area contributed by atoms with Crippen LogP contribution in [0.25, 0.3) is 0 Å². The van der Waals surface area contributed by atoms with Crippen LogP contribution in [0, 0.1) is 0 Å². The van der Waals surface area contributed by atoms with E-state index in [2.05, 4.69) is 29.0 Å². The number of carboxylic acids is 1. The highest BCUT2D eigenvalue weighted by atomic mass is 16.4. The number of aromatic nitrogens is 1. The summed E-state index contributed by atoms with van der Waals surface area (Å²) in [6, 6.07) is 4.01. The van der Waals surface area contributed by atoms with Gasteiger partial charge < -0.3 is 10.4 Å². The van der Waals surface area contributed by atoms with Gasteiger partial charge >= 0.3 is 5.97 Å². The highest BCUT2D eigenvalue weighted by Gasteiger charge is 2.32. The lowest BCUT2D eigenvalue weighted by Crippen LogP contribution is -2.62. The maximum Gasteiger partial charge on any atom is 0.304 e. The van der Waals surface area contributed by atoms with Crippen molar-refractivity contribution < 1.29 is 9.90 Å². The number of aliphatic carboxylic acids is 1. The van der Waals surface area contributed by atoms with Gasteiger partial charge in [0, 0.05) is 43.6 Å². The molecule has 0 radical (unpaired) electrons. The van der Waals surface area contributed by atoms with Crippen molar-refractivity contribution in [3.8, 4) is 0 Å². The number of hydrogen-bond acceptors (Lipinski definition) is 4. The molecule has 0 aliphatic carbocycles. The van der Waals surface area contributed by atoms with E-state index in [-0.39, 0.29) is 18.0 Å². The summed E-state index contributed by atoms with van der Waals surface area (Å²) < 4.78 is 0. The van der Waals surface area contributed by atoms with Crippen LogP contribution in [0.1, 0.15) is 25.8 Å². The standard InChI is InChI=1S/C14H21N3O2/c1-14(2)10-17(8-11-3-5-15-6-4-11)9-12(16-14)7-13(18)19/h3-6,12,16H,7-10H2,1-2H3,(H,18,19). The zero-order chi connectivity index (χ0) is 13.9. The summed E-state index contributed by atoms with van der Waals surface area (Å²) in [5.41, 5.74) is 1.15. The number of carboxylic acid groups (broad SMARTS) is 1. The topological polar surface area (TPSA) is 65.5 Å². The molecular weight excluding hydrogens is 242 g/mol. The van der Waals surface area contributed by atoms with E-state index in [1.54, 1.807) is 12.4 Å². The molecular formula is C14H21N3O2. The van der Waals surface area contributed by atoms with E-state index in [4.69, 9.17) is 5.11 Å². The molecule has 1 aliphatic heterocycles. The first-order chi connectivity index (χ1) is 8.94. The average molecular weight is 263 g/mol. The van der Waals surface area contributed by atoms with Gasteiger partial charge in [0.15, 0.2) is 0 Å². The van der Waals surface area contributed by atoms with Gasteiger partial charge in [0.1, 0.15) is 0 Å². The van der Waals surface area contributed by atoms with Gasteiger partial charge in [0.2, 0.25) is 0 Å². The SMILES string of the molecule is CC1(C)CN(Cc2ccncc2)CC(CC(=O)O)N1. The van der Waals surface area contributed by atoms with Crippen LogP contribution in [0.4, 0.5) is 0 Å². The molecule has 0 spiro atoms. The average Bonchev–Trinajstić information content (AvgIpc) is 2.26. The van der Waals surface area contributed by atoms with Crippen molar-refractivity contribution >= 4 is 5.97 Å². The molecule has 5 nitrogen and oxygen atoms in total. The normalized spacial score (nSPS) is 23.2. The molecule has 1 fully saturated rings. The maximum atomic E-state index is 10.9. The van der Waals surface area contributed by atoms with E-state index in [1.165, 1.54) is 5.56 Å². The van der Waals surface area contributed by atoms with E-state index < -0.39 is 5.97 Å². The van der Waals surface area contributed by atoms with Gasteiger partial charge in [-0.05, 0) is 31.5 Å². The fourth-order valence-corrected chi connectivity index (χ4v) is 2.77. The number of pyridine rings is 1. The lowest BCUT2D eigenvalue weighted by atomic mass is 9.96. The predicted octanol–water partition coefficient (Wildman–Crippen LogP) is 1.11. The van der Waals surface area contributed by atoms with Crippen molar-refractivity contribution in [3.63, 3.8) is 0 Å². The summed E-state index contributed by atoms with van der Waals surface area (Å²) in [6.07, 6.45) is 3.74. The van der Waals surface area contributed by atoms with Crippen LogP contribution in [0.3, 0.4) is 0 Å². The largest absolute Gasteiger partial charge is 0.481 e. The van der Waals surface area contributed by atoms with E-state index in [0.717, 1.165) is 19.6 Å². The molecule has 2 rings (SSSR count). The van der Waals surface area contributed by atoms with Crippen LogP contribution < -0.4 is 5.32 Å². The Morgan fingerprint density at radius 1 is 1.53 bits per heavy atom. The van der Waals surface area contributed by atoms with E-state index in [0.29, 0.717) is 0 Å². The molecule has 0 bridgehead atoms. The number of rotatable bonds is 4. The van der Waals surface area contributed by atoms with Gasteiger partial charge in [0.25, 0.3) is 0 Å². The highest BCUT2D eigenvalue weighted by molar-refractivity contribution is 5.67. The predicted molar refractivity (Wildman–Crippen MR) is 72.8 cm³/mol. The summed E-state index contributed by atoms with van der Waals surface area (Å²) in [4.78, 5) is 17.2. The van der Waals surface area contributed by atoms with Crippen molar-refractivity contribution in [2.45, 2.75) is 38.4 Å². The summed E-state index contributed by atoms with van der Waals surface area (Å²) in [5, 5.41) is 12.4. The molecule has 0 amide bonds. The van der Waals surface area contributed by atoms with Gasteiger partial charge in [-0.3, -0.25) is 14.7 Å². The lowest BCUT2D eigenvalue weighted by Gasteiger charge is -2.43. The first-order valence-electron chi connectivity index (χ1n) is 6.55. The van der Waals surface area contributed by atoms with E-state index in [9.17, 15) is 4.79 Å². The zero-order valence-electron chi connectivity index (χ0n) is 11.5. The minimum Gasteiger partial charge on any atom is -0.481 e. The molecule has 5 heteroatoms. The van der Waals surface area contributed by atoms with Crippen LogP contribution >= 0.6 is 0 Å². The number of hydrogen-bond donors (Lipinski definition) is 2. The third-order valence-electron chi connectivity index (χ3n) is 3.27. The molecule has 1 atom stereocenters. The number of piperazine rings is 1. The van der Waals surface area contributed by atoms with Crippen molar-refractivity contribution in [3.05, 3.63) is 30.1 Å². The Morgan fingerprint density at radius 2 is 2.21 bits per heavy atom. The molecule has 19 heavy (non-hydrogen) atoms. The van der Waals surface area contributed by atoms with Gasteiger partial charge in [-0.25, -0.2) is 0 Å². The highest BCUT2D eigenvalue weighted by Crippen LogP contribution is 2.18. The van der Waals surface area contributed by atoms with Crippen LogP contribution in [-0.2, 0) is 11.3 Å². The summed E-state index contributed by atoms with van der Waals surface area (Å²) in [5.74, 6) is -0.751. The Kier molecular flexibility index (Phi) is 4.17.